The van der Waals surface area contributed by atoms with E-state index in [0.29, 0.717) is 24.8 Å². The number of aliphatic hydroxyl groups is 1. The summed E-state index contributed by atoms with van der Waals surface area (Å²) in [5.74, 6) is -0.872. The normalized spacial score (nSPS) is 22.4. The first-order valence-electron chi connectivity index (χ1n) is 11.1. The summed E-state index contributed by atoms with van der Waals surface area (Å²) >= 11 is 7.81. The first-order valence-corrected chi connectivity index (χ1v) is 12.3. The molecule has 0 radical (unpaired) electrons. The Morgan fingerprint density at radius 2 is 1.82 bits per heavy atom. The molecule has 1 saturated carbocycles. The van der Waals surface area contributed by atoms with Crippen LogP contribution in [-0.4, -0.2) is 38.4 Å². The zero-order valence-electron chi connectivity index (χ0n) is 18.1. The number of hydrogen-bond acceptors (Lipinski definition) is 5. The van der Waals surface area contributed by atoms with Gasteiger partial charge < -0.3 is 10.2 Å². The van der Waals surface area contributed by atoms with E-state index in [9.17, 15) is 14.7 Å². The molecule has 3 aromatic rings. The Morgan fingerprint density at radius 1 is 1.09 bits per heavy atom. The molecule has 2 N–H and O–H groups in total. The summed E-state index contributed by atoms with van der Waals surface area (Å²) in [6, 6.07) is 17.2. The van der Waals surface area contributed by atoms with Gasteiger partial charge in [-0.15, -0.1) is 22.9 Å². The molecular weight excluding hydrogens is 458 g/mol. The van der Waals surface area contributed by atoms with Crippen molar-refractivity contribution < 1.29 is 19.8 Å². The Hall–Kier alpha value is -2.54. The molecule has 1 aliphatic rings. The zero-order valence-corrected chi connectivity index (χ0v) is 19.6. The first-order chi connectivity index (χ1) is 15.9. The molecule has 5 nitrogen and oxygen atoms in total. The number of carboxylic acids is 1. The van der Waals surface area contributed by atoms with E-state index in [1.807, 2.05) is 54.6 Å². The van der Waals surface area contributed by atoms with Gasteiger partial charge in [-0.05, 0) is 42.7 Å². The van der Waals surface area contributed by atoms with Crippen molar-refractivity contribution >= 4 is 34.7 Å². The Morgan fingerprint density at radius 3 is 2.48 bits per heavy atom. The van der Waals surface area contributed by atoms with Crippen LogP contribution in [0, 0.1) is 5.92 Å². The maximum absolute atomic E-state index is 12.6. The molecule has 0 aliphatic heterocycles. The Kier molecular flexibility index (Phi) is 7.58. The van der Waals surface area contributed by atoms with Crippen molar-refractivity contribution in [1.82, 2.24) is 4.98 Å². The number of carbonyl (C=O) groups is 2. The molecule has 33 heavy (non-hydrogen) atoms. The number of nitrogens with zero attached hydrogens (tertiary/aromatic N) is 1. The van der Waals surface area contributed by atoms with E-state index in [-0.39, 0.29) is 27.9 Å². The molecule has 0 amide bonds. The Bertz CT molecular complexity index is 1100. The van der Waals surface area contributed by atoms with Crippen LogP contribution in [-0.2, 0) is 12.8 Å². The number of alkyl halides is 1. The molecule has 1 fully saturated rings. The van der Waals surface area contributed by atoms with Gasteiger partial charge in [-0.1, -0.05) is 54.6 Å². The maximum Gasteiger partial charge on any atom is 0.347 e. The fraction of sp³-hybridized carbons (Fsp3) is 0.346. The number of benzene rings is 2. The molecule has 2 unspecified atom stereocenters. The SMILES string of the molecule is O=C(Cc1ccccc1)c1ccc(C2C(CCCc3ncc(C(=O)O)s3)[C@H](Cl)C[C@H]2O)cc1. The summed E-state index contributed by atoms with van der Waals surface area (Å²) in [6.07, 6.45) is 4.08. The number of aromatic carboxylic acids is 1. The van der Waals surface area contributed by atoms with Crippen LogP contribution in [0.2, 0.25) is 0 Å². The van der Waals surface area contributed by atoms with E-state index in [0.717, 1.165) is 29.0 Å². The maximum atomic E-state index is 12.6. The number of hydrogen-bond donors (Lipinski definition) is 2. The number of carboxylic acid groups (broad SMARTS) is 1. The first kappa shape index (κ1) is 23.6. The largest absolute Gasteiger partial charge is 0.477 e. The number of Topliss-reactive ketones (excluding diaryl/α,β-unsaturated/α-hetero) is 1. The van der Waals surface area contributed by atoms with E-state index in [1.165, 1.54) is 17.5 Å². The highest BCUT2D eigenvalue weighted by Crippen LogP contribution is 2.45. The summed E-state index contributed by atoms with van der Waals surface area (Å²) in [7, 11) is 0. The van der Waals surface area contributed by atoms with E-state index >= 15 is 0 Å². The van der Waals surface area contributed by atoms with Crippen LogP contribution in [0.3, 0.4) is 0 Å². The van der Waals surface area contributed by atoms with Gasteiger partial charge in [0, 0.05) is 23.3 Å². The lowest BCUT2D eigenvalue weighted by molar-refractivity contribution is 0.0701. The van der Waals surface area contributed by atoms with Gasteiger partial charge in [-0.25, -0.2) is 9.78 Å². The summed E-state index contributed by atoms with van der Waals surface area (Å²) in [5, 5.41) is 20.4. The molecular formula is C26H26ClNO4S. The van der Waals surface area contributed by atoms with Crippen molar-refractivity contribution in [3.8, 4) is 0 Å². The van der Waals surface area contributed by atoms with Gasteiger partial charge >= 0.3 is 5.97 Å². The lowest BCUT2D eigenvalue weighted by Gasteiger charge is -2.24. The quantitative estimate of drug-likeness (QED) is 0.316. The fourth-order valence-corrected chi connectivity index (χ4v) is 5.94. The molecule has 4 atom stereocenters. The number of carbonyl (C=O) groups excluding carboxylic acids is 1. The standard InChI is InChI=1S/C26H26ClNO4S/c27-20-14-22(30)25(19(20)7-4-8-24-28-15-23(33-24)26(31)32)18-11-9-17(10-12-18)21(29)13-16-5-2-1-3-6-16/h1-3,5-6,9-12,15,19-20,22,25,30H,4,7-8,13-14H2,(H,31,32)/t19?,20-,22-,25?/m1/s1. The number of ketones is 1. The van der Waals surface area contributed by atoms with E-state index in [1.54, 1.807) is 0 Å². The molecule has 4 rings (SSSR count). The topological polar surface area (TPSA) is 87.5 Å². The van der Waals surface area contributed by atoms with Crippen LogP contribution in [0.25, 0.3) is 0 Å². The minimum Gasteiger partial charge on any atom is -0.477 e. The molecule has 0 spiro atoms. The highest BCUT2D eigenvalue weighted by molar-refractivity contribution is 7.13. The second-order valence-electron chi connectivity index (χ2n) is 8.53. The van der Waals surface area contributed by atoms with Crippen molar-refractivity contribution in [1.29, 1.82) is 0 Å². The predicted octanol–water partition coefficient (Wildman–Crippen LogP) is 5.36. The monoisotopic (exact) mass is 483 g/mol. The average molecular weight is 484 g/mol. The molecule has 0 saturated heterocycles. The molecule has 172 valence electrons. The fourth-order valence-electron chi connectivity index (χ4n) is 4.68. The molecule has 2 aromatic carbocycles. The van der Waals surface area contributed by atoms with Crippen molar-refractivity contribution in [3.63, 3.8) is 0 Å². The van der Waals surface area contributed by atoms with Gasteiger partial charge in [0.15, 0.2) is 5.78 Å². The van der Waals surface area contributed by atoms with Crippen LogP contribution in [0.4, 0.5) is 0 Å². The molecule has 0 bridgehead atoms. The highest BCUT2D eigenvalue weighted by Gasteiger charge is 2.41. The van der Waals surface area contributed by atoms with Gasteiger partial charge in [0.05, 0.1) is 17.3 Å². The predicted molar refractivity (Wildman–Crippen MR) is 129 cm³/mol. The summed E-state index contributed by atoms with van der Waals surface area (Å²) < 4.78 is 0. The van der Waals surface area contributed by atoms with Crippen molar-refractivity contribution in [2.75, 3.05) is 0 Å². The minimum atomic E-state index is -0.954. The van der Waals surface area contributed by atoms with Crippen LogP contribution >= 0.6 is 22.9 Å². The number of aliphatic hydroxyl groups excluding tert-OH is 1. The zero-order chi connectivity index (χ0) is 23.4. The molecule has 1 aliphatic carbocycles. The lowest BCUT2D eigenvalue weighted by Crippen LogP contribution is -2.19. The third-order valence-corrected chi connectivity index (χ3v) is 7.87. The summed E-state index contributed by atoms with van der Waals surface area (Å²) in [6.45, 7) is 0. The minimum absolute atomic E-state index is 0.0654. The Labute approximate surface area is 202 Å². The third kappa shape index (κ3) is 5.69. The average Bonchev–Trinajstić information content (AvgIpc) is 3.39. The lowest BCUT2D eigenvalue weighted by atomic mass is 9.84. The summed E-state index contributed by atoms with van der Waals surface area (Å²) in [5.41, 5.74) is 2.64. The van der Waals surface area contributed by atoms with Crippen molar-refractivity contribution in [3.05, 3.63) is 87.4 Å². The number of aromatic nitrogens is 1. The van der Waals surface area contributed by atoms with Gasteiger partial charge in [0.1, 0.15) is 4.88 Å². The van der Waals surface area contributed by atoms with Crippen LogP contribution in [0.15, 0.2) is 60.8 Å². The highest BCUT2D eigenvalue weighted by atomic mass is 35.5. The van der Waals surface area contributed by atoms with Crippen LogP contribution in [0.5, 0.6) is 0 Å². The number of aryl methyl sites for hydroxylation is 1. The molecule has 7 heteroatoms. The van der Waals surface area contributed by atoms with Gasteiger partial charge in [0.25, 0.3) is 0 Å². The van der Waals surface area contributed by atoms with Crippen molar-refractivity contribution in [2.45, 2.75) is 49.5 Å². The van der Waals surface area contributed by atoms with Gasteiger partial charge in [-0.3, -0.25) is 4.79 Å². The van der Waals surface area contributed by atoms with Gasteiger partial charge in [-0.2, -0.15) is 0 Å². The van der Waals surface area contributed by atoms with Gasteiger partial charge in [0.2, 0.25) is 0 Å². The second kappa shape index (κ2) is 10.6. The molecule has 1 heterocycles. The summed E-state index contributed by atoms with van der Waals surface area (Å²) in [4.78, 5) is 28.1. The van der Waals surface area contributed by atoms with E-state index in [2.05, 4.69) is 4.98 Å². The van der Waals surface area contributed by atoms with Crippen molar-refractivity contribution in [2.24, 2.45) is 5.92 Å². The second-order valence-corrected chi connectivity index (χ2v) is 10.2. The number of thiazole rings is 1. The number of rotatable bonds is 9. The van der Waals surface area contributed by atoms with Crippen LogP contribution < -0.4 is 0 Å². The molecule has 1 aromatic heterocycles. The third-order valence-electron chi connectivity index (χ3n) is 6.32. The van der Waals surface area contributed by atoms with Crippen LogP contribution in [0.1, 0.15) is 61.3 Å². The van der Waals surface area contributed by atoms with E-state index < -0.39 is 12.1 Å². The Balaban J connectivity index is 1.40. The smallest absolute Gasteiger partial charge is 0.347 e. The number of halogens is 1. The van der Waals surface area contributed by atoms with E-state index in [4.69, 9.17) is 16.7 Å².